The lowest BCUT2D eigenvalue weighted by Crippen LogP contribution is -2.04. The van der Waals surface area contributed by atoms with E-state index < -0.39 is 10.9 Å². The summed E-state index contributed by atoms with van der Waals surface area (Å²) >= 11 is 5.67. The van der Waals surface area contributed by atoms with Gasteiger partial charge in [-0.25, -0.2) is 9.78 Å². The smallest absolute Gasteiger partial charge is 0.338 e. The summed E-state index contributed by atoms with van der Waals surface area (Å²) in [6, 6.07) is 7.91. The first-order valence-electron chi connectivity index (χ1n) is 6.10. The van der Waals surface area contributed by atoms with E-state index >= 15 is 0 Å². The molecule has 0 spiro atoms. The molecule has 1 aromatic carbocycles. The molecule has 0 aliphatic carbocycles. The Morgan fingerprint density at radius 1 is 1.38 bits per heavy atom. The van der Waals surface area contributed by atoms with Crippen LogP contribution in [-0.4, -0.2) is 22.5 Å². The second kappa shape index (κ2) is 6.32. The molecule has 7 heteroatoms. The number of carbonyl (C=O) groups excluding carboxylic acids is 1. The van der Waals surface area contributed by atoms with Crippen molar-refractivity contribution in [1.29, 1.82) is 0 Å². The number of carbonyl (C=O) groups is 1. The second-order valence-electron chi connectivity index (χ2n) is 4.09. The predicted octanol–water partition coefficient (Wildman–Crippen LogP) is 3.49. The number of rotatable bonds is 4. The van der Waals surface area contributed by atoms with Gasteiger partial charge in [0.1, 0.15) is 0 Å². The van der Waals surface area contributed by atoms with E-state index in [9.17, 15) is 14.9 Å². The molecule has 2 aromatic rings. The van der Waals surface area contributed by atoms with E-state index in [1.165, 1.54) is 12.3 Å². The first-order valence-corrected chi connectivity index (χ1v) is 6.48. The summed E-state index contributed by atoms with van der Waals surface area (Å²) in [4.78, 5) is 25.8. The topological polar surface area (TPSA) is 82.3 Å². The normalized spacial score (nSPS) is 10.2. The highest BCUT2D eigenvalue weighted by molar-refractivity contribution is 6.31. The number of halogens is 1. The third-order valence-corrected chi connectivity index (χ3v) is 3.02. The molecule has 0 saturated heterocycles. The maximum atomic E-state index is 11.7. The van der Waals surface area contributed by atoms with Gasteiger partial charge in [-0.05, 0) is 24.6 Å². The fourth-order valence-electron chi connectivity index (χ4n) is 1.76. The van der Waals surface area contributed by atoms with E-state index in [2.05, 4.69) is 4.98 Å². The second-order valence-corrected chi connectivity index (χ2v) is 4.45. The van der Waals surface area contributed by atoms with E-state index in [0.717, 1.165) is 0 Å². The van der Waals surface area contributed by atoms with Gasteiger partial charge >= 0.3 is 11.7 Å². The number of esters is 1. The van der Waals surface area contributed by atoms with Gasteiger partial charge in [-0.2, -0.15) is 0 Å². The Morgan fingerprint density at radius 2 is 2.14 bits per heavy atom. The Bertz CT molecular complexity index is 703. The summed E-state index contributed by atoms with van der Waals surface area (Å²) in [6.07, 6.45) is 1.42. The Labute approximate surface area is 125 Å². The first kappa shape index (κ1) is 14.9. The fourth-order valence-corrected chi connectivity index (χ4v) is 1.93. The molecule has 1 aromatic heterocycles. The summed E-state index contributed by atoms with van der Waals surface area (Å²) in [6.45, 7) is 1.99. The maximum absolute atomic E-state index is 11.7. The van der Waals surface area contributed by atoms with Crippen molar-refractivity contribution >= 4 is 23.3 Å². The number of benzene rings is 1. The molecule has 0 bridgehead atoms. The molecule has 0 N–H and O–H groups in total. The number of aromatic nitrogens is 1. The summed E-state index contributed by atoms with van der Waals surface area (Å²) in [5, 5.41) is 10.7. The van der Waals surface area contributed by atoms with E-state index in [1.807, 2.05) is 0 Å². The van der Waals surface area contributed by atoms with Gasteiger partial charge in [-0.1, -0.05) is 23.7 Å². The van der Waals surface area contributed by atoms with Gasteiger partial charge in [0.2, 0.25) is 5.15 Å². The van der Waals surface area contributed by atoms with Crippen LogP contribution in [0.5, 0.6) is 0 Å². The number of hydrogen-bond donors (Lipinski definition) is 0. The van der Waals surface area contributed by atoms with Crippen LogP contribution in [0.15, 0.2) is 36.5 Å². The Kier molecular flexibility index (Phi) is 4.49. The lowest BCUT2D eigenvalue weighted by Gasteiger charge is -2.05. The summed E-state index contributed by atoms with van der Waals surface area (Å²) in [7, 11) is 0. The molecule has 0 unspecified atom stereocenters. The van der Waals surface area contributed by atoms with E-state index in [4.69, 9.17) is 16.3 Å². The number of pyridine rings is 1. The van der Waals surface area contributed by atoms with Crippen molar-refractivity contribution in [3.8, 4) is 11.1 Å². The lowest BCUT2D eigenvalue weighted by molar-refractivity contribution is -0.385. The first-order chi connectivity index (χ1) is 10.0. The number of nitrogens with zero attached hydrogens (tertiary/aromatic N) is 2. The molecule has 0 saturated carbocycles. The largest absolute Gasteiger partial charge is 0.462 e. The standard InChI is InChI=1S/C14H11ClN2O4/c1-2-21-14(18)10-5-3-4-9(6-10)11-7-12(17(19)20)13(15)16-8-11/h3-8H,2H2,1H3. The zero-order valence-electron chi connectivity index (χ0n) is 11.1. The molecule has 108 valence electrons. The molecule has 0 aliphatic rings. The number of nitro groups is 1. The van der Waals surface area contributed by atoms with Crippen molar-refractivity contribution in [2.75, 3.05) is 6.61 Å². The third-order valence-electron chi connectivity index (χ3n) is 2.72. The van der Waals surface area contributed by atoms with Crippen LogP contribution in [-0.2, 0) is 4.74 Å². The van der Waals surface area contributed by atoms with Gasteiger partial charge < -0.3 is 4.74 Å². The number of ether oxygens (including phenoxy) is 1. The average molecular weight is 307 g/mol. The van der Waals surface area contributed by atoms with Crippen LogP contribution < -0.4 is 0 Å². The summed E-state index contributed by atoms with van der Waals surface area (Å²) < 4.78 is 4.92. The molecular formula is C14H11ClN2O4. The van der Waals surface area contributed by atoms with Gasteiger partial charge in [0, 0.05) is 17.8 Å². The van der Waals surface area contributed by atoms with Crippen molar-refractivity contribution in [2.45, 2.75) is 6.92 Å². The maximum Gasteiger partial charge on any atom is 0.338 e. The van der Waals surface area contributed by atoms with Crippen molar-refractivity contribution in [3.63, 3.8) is 0 Å². The Morgan fingerprint density at radius 3 is 2.81 bits per heavy atom. The monoisotopic (exact) mass is 306 g/mol. The van der Waals surface area contributed by atoms with Gasteiger partial charge in [0.05, 0.1) is 17.1 Å². The Balaban J connectivity index is 2.43. The average Bonchev–Trinajstić information content (AvgIpc) is 2.48. The molecule has 0 atom stereocenters. The van der Waals surface area contributed by atoms with Gasteiger partial charge in [0.15, 0.2) is 0 Å². The molecule has 21 heavy (non-hydrogen) atoms. The van der Waals surface area contributed by atoms with Crippen LogP contribution >= 0.6 is 11.6 Å². The van der Waals surface area contributed by atoms with Crippen molar-refractivity contribution in [3.05, 3.63) is 57.4 Å². The summed E-state index contributed by atoms with van der Waals surface area (Å²) in [5.41, 5.74) is 1.20. The highest BCUT2D eigenvalue weighted by atomic mass is 35.5. The molecule has 1 heterocycles. The van der Waals surface area contributed by atoms with Crippen LogP contribution in [0.2, 0.25) is 5.15 Å². The zero-order valence-corrected chi connectivity index (χ0v) is 11.8. The number of hydrogen-bond acceptors (Lipinski definition) is 5. The molecule has 2 rings (SSSR count). The SMILES string of the molecule is CCOC(=O)c1cccc(-c2cnc(Cl)c([N+](=O)[O-])c2)c1. The van der Waals surface area contributed by atoms with E-state index in [0.29, 0.717) is 16.7 Å². The molecule has 0 radical (unpaired) electrons. The van der Waals surface area contributed by atoms with Gasteiger partial charge in [-0.3, -0.25) is 10.1 Å². The molecule has 0 fully saturated rings. The lowest BCUT2D eigenvalue weighted by atomic mass is 10.0. The fraction of sp³-hybridized carbons (Fsp3) is 0.143. The third kappa shape index (κ3) is 3.35. The Hall–Kier alpha value is -2.47. The highest BCUT2D eigenvalue weighted by Gasteiger charge is 2.16. The van der Waals surface area contributed by atoms with Crippen LogP contribution in [0.3, 0.4) is 0 Å². The summed E-state index contributed by atoms with van der Waals surface area (Å²) in [5.74, 6) is -0.448. The van der Waals surface area contributed by atoms with Crippen molar-refractivity contribution in [1.82, 2.24) is 4.98 Å². The highest BCUT2D eigenvalue weighted by Crippen LogP contribution is 2.28. The molecular weight excluding hydrogens is 296 g/mol. The molecule has 6 nitrogen and oxygen atoms in total. The van der Waals surface area contributed by atoms with E-state index in [1.54, 1.807) is 31.2 Å². The minimum Gasteiger partial charge on any atom is -0.462 e. The van der Waals surface area contributed by atoms with Crippen LogP contribution in [0, 0.1) is 10.1 Å². The molecule has 0 aliphatic heterocycles. The molecule has 0 amide bonds. The van der Waals surface area contributed by atoms with Crippen molar-refractivity contribution < 1.29 is 14.5 Å². The van der Waals surface area contributed by atoms with Crippen LogP contribution in [0.25, 0.3) is 11.1 Å². The minimum absolute atomic E-state index is 0.176. The zero-order chi connectivity index (χ0) is 15.4. The minimum atomic E-state index is -0.603. The van der Waals surface area contributed by atoms with E-state index in [-0.39, 0.29) is 17.4 Å². The van der Waals surface area contributed by atoms with Crippen LogP contribution in [0.4, 0.5) is 5.69 Å². The van der Waals surface area contributed by atoms with Gasteiger partial charge in [0.25, 0.3) is 0 Å². The quantitative estimate of drug-likeness (QED) is 0.374. The predicted molar refractivity (Wildman–Crippen MR) is 77.3 cm³/mol. The van der Waals surface area contributed by atoms with Crippen LogP contribution in [0.1, 0.15) is 17.3 Å². The van der Waals surface area contributed by atoms with Crippen molar-refractivity contribution in [2.24, 2.45) is 0 Å². The van der Waals surface area contributed by atoms with Gasteiger partial charge in [-0.15, -0.1) is 0 Å².